The molecule has 1 fully saturated rings. The molecule has 0 radical (unpaired) electrons. The van der Waals surface area contributed by atoms with Gasteiger partial charge in [-0.25, -0.2) is 0 Å². The first kappa shape index (κ1) is 18.8. The molecule has 3 rings (SSSR count). The second kappa shape index (κ2) is 8.62. The van der Waals surface area contributed by atoms with E-state index in [4.69, 9.17) is 0 Å². The molecular formula is C16H16N8O4. The molecule has 12 heteroatoms. The Morgan fingerprint density at radius 1 is 0.643 bits per heavy atom. The molecule has 28 heavy (non-hydrogen) atoms. The number of nitro groups is 2. The highest BCUT2D eigenvalue weighted by Crippen LogP contribution is 2.20. The first-order valence-electron chi connectivity index (χ1n) is 8.33. The van der Waals surface area contributed by atoms with Gasteiger partial charge in [0.25, 0.3) is 11.4 Å². The summed E-state index contributed by atoms with van der Waals surface area (Å²) in [6.45, 7) is 2.37. The highest BCUT2D eigenvalue weighted by atomic mass is 16.6. The molecule has 0 N–H and O–H groups in total. The Labute approximate surface area is 159 Å². The number of rotatable bonds is 6. The summed E-state index contributed by atoms with van der Waals surface area (Å²) in [5.41, 5.74) is 1.08. The van der Waals surface area contributed by atoms with Crippen LogP contribution in [-0.4, -0.2) is 46.0 Å². The van der Waals surface area contributed by atoms with E-state index in [2.05, 4.69) is 20.7 Å². The van der Waals surface area contributed by atoms with Gasteiger partial charge in [-0.1, -0.05) is 10.4 Å². The van der Waals surface area contributed by atoms with Gasteiger partial charge in [0.2, 0.25) is 0 Å². The molecule has 1 saturated heterocycles. The lowest BCUT2D eigenvalue weighted by Gasteiger charge is -2.29. The molecule has 0 bridgehead atoms. The van der Waals surface area contributed by atoms with Crippen molar-refractivity contribution in [3.8, 4) is 0 Å². The van der Waals surface area contributed by atoms with Crippen LogP contribution in [-0.2, 0) is 0 Å². The third kappa shape index (κ3) is 5.03. The summed E-state index contributed by atoms with van der Waals surface area (Å²) in [5.74, 6) is 0. The lowest BCUT2D eigenvalue weighted by atomic mass is 10.3. The van der Waals surface area contributed by atoms with Crippen molar-refractivity contribution in [1.82, 2.24) is 10.0 Å². The van der Waals surface area contributed by atoms with E-state index in [-0.39, 0.29) is 11.4 Å². The highest BCUT2D eigenvalue weighted by molar-refractivity contribution is 5.44. The van der Waals surface area contributed by atoms with Crippen LogP contribution in [0.5, 0.6) is 0 Å². The van der Waals surface area contributed by atoms with Crippen molar-refractivity contribution >= 4 is 22.7 Å². The second-order valence-electron chi connectivity index (χ2n) is 5.83. The van der Waals surface area contributed by atoms with Crippen LogP contribution in [0.1, 0.15) is 0 Å². The van der Waals surface area contributed by atoms with Gasteiger partial charge < -0.3 is 0 Å². The van der Waals surface area contributed by atoms with Crippen LogP contribution >= 0.6 is 0 Å². The molecule has 0 spiro atoms. The zero-order chi connectivity index (χ0) is 19.9. The number of non-ortho nitro benzene ring substituents is 2. The van der Waals surface area contributed by atoms with Gasteiger partial charge in [-0.3, -0.25) is 30.2 Å². The van der Waals surface area contributed by atoms with E-state index in [1.807, 2.05) is 0 Å². The van der Waals surface area contributed by atoms with E-state index in [1.165, 1.54) is 48.5 Å². The topological polar surface area (TPSA) is 142 Å². The van der Waals surface area contributed by atoms with Gasteiger partial charge in [-0.05, 0) is 24.3 Å². The Morgan fingerprint density at radius 2 is 0.964 bits per heavy atom. The van der Waals surface area contributed by atoms with E-state index < -0.39 is 9.85 Å². The summed E-state index contributed by atoms with van der Waals surface area (Å²) in [7, 11) is 0. The standard InChI is InChI=1S/C16H16N8O4/c25-23(26)15-5-1-13(2-6-15)17-19-21-9-11-22(12-10-21)20-18-14-3-7-16(8-4-14)24(27)28/h1-8H,9-12H2. The molecule has 12 nitrogen and oxygen atoms in total. The molecular weight excluding hydrogens is 368 g/mol. The molecule has 0 amide bonds. The van der Waals surface area contributed by atoms with Gasteiger partial charge in [0.05, 0.1) is 47.4 Å². The third-order valence-corrected chi connectivity index (χ3v) is 3.93. The molecule has 1 aliphatic heterocycles. The zero-order valence-electron chi connectivity index (χ0n) is 14.7. The van der Waals surface area contributed by atoms with Crippen molar-refractivity contribution in [2.75, 3.05) is 26.2 Å². The van der Waals surface area contributed by atoms with Crippen molar-refractivity contribution in [3.05, 3.63) is 68.8 Å². The summed E-state index contributed by atoms with van der Waals surface area (Å²) >= 11 is 0. The zero-order valence-corrected chi connectivity index (χ0v) is 14.7. The maximum Gasteiger partial charge on any atom is 0.269 e. The number of nitro benzene ring substituents is 2. The molecule has 0 aliphatic carbocycles. The maximum absolute atomic E-state index is 10.6. The minimum Gasteiger partial charge on any atom is -0.275 e. The minimum atomic E-state index is -0.467. The maximum atomic E-state index is 10.6. The minimum absolute atomic E-state index is 0.00551. The Kier molecular flexibility index (Phi) is 5.79. The predicted octanol–water partition coefficient (Wildman–Crippen LogP) is 3.82. The van der Waals surface area contributed by atoms with Crippen LogP contribution in [0.2, 0.25) is 0 Å². The Bertz CT molecular complexity index is 814. The van der Waals surface area contributed by atoms with Crippen LogP contribution in [0.4, 0.5) is 22.7 Å². The van der Waals surface area contributed by atoms with Crippen LogP contribution in [0.3, 0.4) is 0 Å². The SMILES string of the molecule is O=[N+]([O-])c1ccc(N=NN2CCN(N=Nc3ccc([N+](=O)[O-])cc3)CC2)cc1. The molecule has 0 saturated carbocycles. The average Bonchev–Trinajstić information content (AvgIpc) is 2.72. The second-order valence-corrected chi connectivity index (χ2v) is 5.83. The van der Waals surface area contributed by atoms with Crippen molar-refractivity contribution < 1.29 is 9.85 Å². The van der Waals surface area contributed by atoms with Gasteiger partial charge in [-0.2, -0.15) is 0 Å². The Hall–Kier alpha value is -3.96. The smallest absolute Gasteiger partial charge is 0.269 e. The predicted molar refractivity (Wildman–Crippen MR) is 98.4 cm³/mol. The molecule has 1 aliphatic rings. The van der Waals surface area contributed by atoms with E-state index >= 15 is 0 Å². The highest BCUT2D eigenvalue weighted by Gasteiger charge is 2.14. The molecule has 0 aromatic heterocycles. The van der Waals surface area contributed by atoms with Crippen LogP contribution < -0.4 is 0 Å². The third-order valence-electron chi connectivity index (χ3n) is 3.93. The number of hydrogen-bond donors (Lipinski definition) is 0. The van der Waals surface area contributed by atoms with Crippen LogP contribution in [0.15, 0.2) is 69.2 Å². The fraction of sp³-hybridized carbons (Fsp3) is 0.250. The molecule has 0 atom stereocenters. The lowest BCUT2D eigenvalue weighted by Crippen LogP contribution is -2.40. The normalized spacial score (nSPS) is 14.7. The largest absolute Gasteiger partial charge is 0.275 e. The van der Waals surface area contributed by atoms with Gasteiger partial charge in [-0.15, -0.1) is 10.2 Å². The van der Waals surface area contributed by atoms with Crippen molar-refractivity contribution in [3.63, 3.8) is 0 Å². The summed E-state index contributed by atoms with van der Waals surface area (Å²) in [4.78, 5) is 20.3. The molecule has 1 heterocycles. The number of hydrogen-bond acceptors (Lipinski definition) is 8. The van der Waals surface area contributed by atoms with E-state index in [0.29, 0.717) is 37.6 Å². The summed E-state index contributed by atoms with van der Waals surface area (Å²) in [6.07, 6.45) is 0. The van der Waals surface area contributed by atoms with Crippen molar-refractivity contribution in [2.45, 2.75) is 0 Å². The van der Waals surface area contributed by atoms with Gasteiger partial charge in [0.15, 0.2) is 0 Å². The first-order chi connectivity index (χ1) is 13.5. The van der Waals surface area contributed by atoms with Gasteiger partial charge >= 0.3 is 0 Å². The average molecular weight is 384 g/mol. The Balaban J connectivity index is 1.48. The van der Waals surface area contributed by atoms with Crippen molar-refractivity contribution in [1.29, 1.82) is 0 Å². The van der Waals surface area contributed by atoms with E-state index in [1.54, 1.807) is 10.0 Å². The van der Waals surface area contributed by atoms with Crippen LogP contribution in [0, 0.1) is 20.2 Å². The summed E-state index contributed by atoms with van der Waals surface area (Å²) in [5, 5.41) is 41.2. The molecule has 144 valence electrons. The van der Waals surface area contributed by atoms with E-state index in [9.17, 15) is 20.2 Å². The fourth-order valence-corrected chi connectivity index (χ4v) is 2.38. The molecule has 0 unspecified atom stereocenters. The van der Waals surface area contributed by atoms with E-state index in [0.717, 1.165) is 0 Å². The van der Waals surface area contributed by atoms with Crippen LogP contribution in [0.25, 0.3) is 0 Å². The number of piperazine rings is 1. The summed E-state index contributed by atoms with van der Waals surface area (Å²) < 4.78 is 0. The quantitative estimate of drug-likeness (QED) is 0.421. The molecule has 2 aromatic carbocycles. The monoisotopic (exact) mass is 384 g/mol. The van der Waals surface area contributed by atoms with Gasteiger partial charge in [0.1, 0.15) is 0 Å². The summed E-state index contributed by atoms with van der Waals surface area (Å²) in [6, 6.07) is 11.7. The molecule has 2 aromatic rings. The number of benzene rings is 2. The fourth-order valence-electron chi connectivity index (χ4n) is 2.38. The Morgan fingerprint density at radius 3 is 1.25 bits per heavy atom. The number of nitrogens with zero attached hydrogens (tertiary/aromatic N) is 8. The lowest BCUT2D eigenvalue weighted by molar-refractivity contribution is -0.385. The van der Waals surface area contributed by atoms with Crippen molar-refractivity contribution in [2.24, 2.45) is 20.7 Å². The first-order valence-corrected chi connectivity index (χ1v) is 8.33. The van der Waals surface area contributed by atoms with Gasteiger partial charge in [0, 0.05) is 24.3 Å².